The molecule has 174 valence electrons. The van der Waals surface area contributed by atoms with Crippen LogP contribution in [-0.4, -0.2) is 10.8 Å². The van der Waals surface area contributed by atoms with Crippen molar-refractivity contribution < 1.29 is 9.18 Å². The summed E-state index contributed by atoms with van der Waals surface area (Å²) in [6.45, 7) is 2.28. The lowest BCUT2D eigenvalue weighted by atomic mass is 10.0. The SMILES string of the molecule is CCCCCCCCCCCCCCCCCCCC(=O)c1c[nH]c2c(F)cccc12. The highest BCUT2D eigenvalue weighted by Gasteiger charge is 2.13. The summed E-state index contributed by atoms with van der Waals surface area (Å²) in [6, 6.07) is 4.90. The largest absolute Gasteiger partial charge is 0.358 e. The Bertz CT molecular complexity index is 736. The van der Waals surface area contributed by atoms with Crippen LogP contribution in [0.4, 0.5) is 4.39 Å². The van der Waals surface area contributed by atoms with E-state index in [4.69, 9.17) is 0 Å². The maximum atomic E-state index is 13.7. The molecule has 0 atom stereocenters. The van der Waals surface area contributed by atoms with Gasteiger partial charge in [0.15, 0.2) is 5.78 Å². The molecule has 0 bridgehead atoms. The highest BCUT2D eigenvalue weighted by molar-refractivity contribution is 6.07. The molecule has 2 rings (SSSR count). The Morgan fingerprint density at radius 2 is 1.23 bits per heavy atom. The third-order valence-electron chi connectivity index (χ3n) is 6.47. The average Bonchev–Trinajstić information content (AvgIpc) is 3.21. The van der Waals surface area contributed by atoms with E-state index >= 15 is 0 Å². The number of hydrogen-bond acceptors (Lipinski definition) is 1. The molecule has 31 heavy (non-hydrogen) atoms. The Hall–Kier alpha value is -1.64. The third-order valence-corrected chi connectivity index (χ3v) is 6.47. The van der Waals surface area contributed by atoms with Gasteiger partial charge in [-0.1, -0.05) is 122 Å². The zero-order chi connectivity index (χ0) is 22.2. The van der Waals surface area contributed by atoms with Crippen LogP contribution in [-0.2, 0) is 0 Å². The second-order valence-corrected chi connectivity index (χ2v) is 9.19. The average molecular weight is 430 g/mol. The normalized spacial score (nSPS) is 11.4. The van der Waals surface area contributed by atoms with Gasteiger partial charge in [0.05, 0.1) is 5.52 Å². The van der Waals surface area contributed by atoms with E-state index in [9.17, 15) is 9.18 Å². The van der Waals surface area contributed by atoms with Crippen LogP contribution >= 0.6 is 0 Å². The van der Waals surface area contributed by atoms with Crippen molar-refractivity contribution in [3.05, 3.63) is 35.8 Å². The lowest BCUT2D eigenvalue weighted by molar-refractivity contribution is 0.0980. The van der Waals surface area contributed by atoms with Crippen LogP contribution in [0.3, 0.4) is 0 Å². The molecule has 0 fully saturated rings. The van der Waals surface area contributed by atoms with Crippen molar-refractivity contribution in [1.82, 2.24) is 4.98 Å². The first kappa shape index (κ1) is 25.6. The lowest BCUT2D eigenvalue weighted by Gasteiger charge is -2.04. The van der Waals surface area contributed by atoms with Crippen molar-refractivity contribution in [2.75, 3.05) is 0 Å². The van der Waals surface area contributed by atoms with Crippen LogP contribution < -0.4 is 0 Å². The summed E-state index contributed by atoms with van der Waals surface area (Å²) in [5, 5.41) is 0.706. The van der Waals surface area contributed by atoms with Gasteiger partial charge < -0.3 is 4.98 Å². The number of fused-ring (bicyclic) bond motifs is 1. The van der Waals surface area contributed by atoms with Gasteiger partial charge in [-0.15, -0.1) is 0 Å². The summed E-state index contributed by atoms with van der Waals surface area (Å²) in [7, 11) is 0. The smallest absolute Gasteiger partial charge is 0.165 e. The fourth-order valence-corrected chi connectivity index (χ4v) is 4.49. The maximum absolute atomic E-state index is 13.7. The molecule has 2 nitrogen and oxygen atoms in total. The first-order chi connectivity index (χ1) is 15.2. The number of unbranched alkanes of at least 4 members (excludes halogenated alkanes) is 16. The van der Waals surface area contributed by atoms with Crippen molar-refractivity contribution in [2.24, 2.45) is 0 Å². The Kier molecular flexibility index (Phi) is 13.3. The fourth-order valence-electron chi connectivity index (χ4n) is 4.49. The summed E-state index contributed by atoms with van der Waals surface area (Å²) >= 11 is 0. The van der Waals surface area contributed by atoms with E-state index in [2.05, 4.69) is 11.9 Å². The highest BCUT2D eigenvalue weighted by atomic mass is 19.1. The van der Waals surface area contributed by atoms with Gasteiger partial charge in [0.25, 0.3) is 0 Å². The molecule has 0 unspecified atom stereocenters. The van der Waals surface area contributed by atoms with Crippen molar-refractivity contribution in [3.8, 4) is 0 Å². The monoisotopic (exact) mass is 429 g/mol. The van der Waals surface area contributed by atoms with Gasteiger partial charge in [0, 0.05) is 23.6 Å². The Balaban J connectivity index is 1.38. The molecule has 0 aliphatic carbocycles. The molecule has 0 spiro atoms. The van der Waals surface area contributed by atoms with Gasteiger partial charge in [-0.3, -0.25) is 4.79 Å². The van der Waals surface area contributed by atoms with Crippen LogP contribution in [0, 0.1) is 5.82 Å². The molecule has 0 aliphatic rings. The third kappa shape index (κ3) is 10.0. The van der Waals surface area contributed by atoms with Crippen molar-refractivity contribution in [3.63, 3.8) is 0 Å². The second kappa shape index (κ2) is 16.1. The van der Waals surface area contributed by atoms with Gasteiger partial charge in [0.2, 0.25) is 0 Å². The molecular weight excluding hydrogens is 385 g/mol. The van der Waals surface area contributed by atoms with Crippen LogP contribution in [0.2, 0.25) is 0 Å². The highest BCUT2D eigenvalue weighted by Crippen LogP contribution is 2.23. The summed E-state index contributed by atoms with van der Waals surface area (Å²) in [5.74, 6) is -0.174. The molecule has 0 radical (unpaired) electrons. The first-order valence-electron chi connectivity index (χ1n) is 13.0. The van der Waals surface area contributed by atoms with Crippen LogP contribution in [0.5, 0.6) is 0 Å². The molecule has 3 heteroatoms. The van der Waals surface area contributed by atoms with Crippen LogP contribution in [0.15, 0.2) is 24.4 Å². The molecule has 0 amide bonds. The number of ketones is 1. The number of aromatic nitrogens is 1. The summed E-state index contributed by atoms with van der Waals surface area (Å²) in [4.78, 5) is 15.3. The number of hydrogen-bond donors (Lipinski definition) is 1. The topological polar surface area (TPSA) is 32.9 Å². The first-order valence-corrected chi connectivity index (χ1v) is 13.0. The van der Waals surface area contributed by atoms with E-state index in [-0.39, 0.29) is 11.6 Å². The molecule has 2 aromatic rings. The number of H-pyrrole nitrogens is 1. The zero-order valence-corrected chi connectivity index (χ0v) is 19.8. The molecular formula is C28H44FNO. The zero-order valence-electron chi connectivity index (χ0n) is 19.8. The minimum atomic E-state index is -0.297. The molecule has 1 N–H and O–H groups in total. The summed E-state index contributed by atoms with van der Waals surface area (Å²) < 4.78 is 13.7. The molecule has 1 aromatic heterocycles. The predicted octanol–water partition coefficient (Wildman–Crippen LogP) is 9.53. The van der Waals surface area contributed by atoms with Gasteiger partial charge in [-0.25, -0.2) is 4.39 Å². The van der Waals surface area contributed by atoms with Gasteiger partial charge >= 0.3 is 0 Å². The number of carbonyl (C=O) groups excluding carboxylic acids is 1. The Morgan fingerprint density at radius 1 is 0.742 bits per heavy atom. The van der Waals surface area contributed by atoms with E-state index < -0.39 is 0 Å². The molecule has 0 saturated carbocycles. The van der Waals surface area contributed by atoms with Crippen molar-refractivity contribution >= 4 is 16.7 Å². The predicted molar refractivity (Wildman–Crippen MR) is 131 cm³/mol. The number of rotatable bonds is 19. The maximum Gasteiger partial charge on any atom is 0.165 e. The number of Topliss-reactive ketones (excluding diaryl/α,β-unsaturated/α-hetero) is 1. The number of halogens is 1. The van der Waals surface area contributed by atoms with E-state index in [1.807, 2.05) is 6.07 Å². The molecule has 1 heterocycles. The lowest BCUT2D eigenvalue weighted by Crippen LogP contribution is -1.97. The Morgan fingerprint density at radius 3 is 1.74 bits per heavy atom. The minimum absolute atomic E-state index is 0.123. The van der Waals surface area contributed by atoms with Crippen LogP contribution in [0.25, 0.3) is 10.9 Å². The number of carbonyl (C=O) groups is 1. The standard InChI is InChI=1S/C28H44FNO/c1-2-3-4-5-6-7-8-9-10-11-12-13-14-15-16-17-18-22-27(31)25-23-30-28-24(25)20-19-21-26(28)29/h19-21,23,30H,2-18,22H2,1H3. The van der Waals surface area contributed by atoms with Crippen LogP contribution in [0.1, 0.15) is 133 Å². The molecule has 0 aliphatic heterocycles. The van der Waals surface area contributed by atoms with Gasteiger partial charge in [-0.2, -0.15) is 0 Å². The number of benzene rings is 1. The number of nitrogens with one attached hydrogen (secondary N) is 1. The Labute approximate surface area is 189 Å². The van der Waals surface area contributed by atoms with Crippen molar-refractivity contribution in [2.45, 2.75) is 122 Å². The summed E-state index contributed by atoms with van der Waals surface area (Å²) in [6.07, 6.45) is 25.0. The van der Waals surface area contributed by atoms with Crippen molar-refractivity contribution in [1.29, 1.82) is 0 Å². The number of para-hydroxylation sites is 1. The fraction of sp³-hybridized carbons (Fsp3) is 0.679. The van der Waals surface area contributed by atoms with Gasteiger partial charge in [-0.05, 0) is 12.5 Å². The minimum Gasteiger partial charge on any atom is -0.358 e. The summed E-state index contributed by atoms with van der Waals surface area (Å²) in [5.41, 5.74) is 1.07. The van der Waals surface area contributed by atoms with E-state index in [1.54, 1.807) is 12.3 Å². The van der Waals surface area contributed by atoms with Gasteiger partial charge in [0.1, 0.15) is 5.82 Å². The number of aromatic amines is 1. The van der Waals surface area contributed by atoms with E-state index in [0.717, 1.165) is 12.8 Å². The quantitative estimate of drug-likeness (QED) is 0.175. The molecule has 0 saturated heterocycles. The van der Waals surface area contributed by atoms with E-state index in [1.165, 1.54) is 102 Å². The molecule has 1 aromatic carbocycles. The van der Waals surface area contributed by atoms with E-state index in [0.29, 0.717) is 22.9 Å². The second-order valence-electron chi connectivity index (χ2n) is 9.19.